The molecule has 0 aliphatic heterocycles. The summed E-state index contributed by atoms with van der Waals surface area (Å²) in [5.41, 5.74) is 0.819. The number of aromatic nitrogens is 1. The van der Waals surface area contributed by atoms with E-state index in [1.54, 1.807) is 36.4 Å². The first-order valence-electron chi connectivity index (χ1n) is 7.82. The van der Waals surface area contributed by atoms with Crippen molar-refractivity contribution in [2.45, 2.75) is 4.90 Å². The van der Waals surface area contributed by atoms with Gasteiger partial charge in [0, 0.05) is 22.9 Å². The van der Waals surface area contributed by atoms with Crippen LogP contribution >= 0.6 is 11.6 Å². The van der Waals surface area contributed by atoms with Crippen molar-refractivity contribution in [2.75, 3.05) is 11.6 Å². The number of sulfone groups is 1. The Hall–Kier alpha value is -2.90. The fourth-order valence-corrected chi connectivity index (χ4v) is 2.95. The fraction of sp³-hybridized carbons (Fsp3) is 0.0526. The third kappa shape index (κ3) is 5.06. The molecular formula is C19H15ClN2O4S. The number of nitrogens with one attached hydrogen (secondary N) is 1. The third-order valence-electron chi connectivity index (χ3n) is 3.57. The van der Waals surface area contributed by atoms with Crippen LogP contribution < -0.4 is 10.1 Å². The van der Waals surface area contributed by atoms with E-state index in [2.05, 4.69) is 10.3 Å². The normalized spacial score (nSPS) is 11.0. The summed E-state index contributed by atoms with van der Waals surface area (Å²) in [5, 5.41) is 3.30. The lowest BCUT2D eigenvalue weighted by Gasteiger charge is -2.08. The van der Waals surface area contributed by atoms with Crippen LogP contribution in [0, 0.1) is 0 Å². The Labute approximate surface area is 161 Å². The number of nitrogens with zero attached hydrogens (tertiary/aromatic N) is 1. The van der Waals surface area contributed by atoms with Crippen LogP contribution in [0.2, 0.25) is 5.02 Å². The Bertz CT molecular complexity index is 1050. The van der Waals surface area contributed by atoms with Crippen LogP contribution in [-0.2, 0) is 9.84 Å². The maximum Gasteiger partial charge on any atom is 0.255 e. The molecule has 0 spiro atoms. The number of carbonyl (C=O) groups excluding carboxylic acids is 1. The largest absolute Gasteiger partial charge is 0.439 e. The molecule has 0 saturated carbocycles. The summed E-state index contributed by atoms with van der Waals surface area (Å²) in [7, 11) is -3.30. The highest BCUT2D eigenvalue weighted by Gasteiger charge is 2.10. The molecule has 27 heavy (non-hydrogen) atoms. The van der Waals surface area contributed by atoms with E-state index in [1.807, 2.05) is 0 Å². The Balaban J connectivity index is 1.65. The van der Waals surface area contributed by atoms with Gasteiger partial charge in [-0.05, 0) is 54.6 Å². The highest BCUT2D eigenvalue weighted by molar-refractivity contribution is 7.90. The van der Waals surface area contributed by atoms with Crippen LogP contribution in [0.4, 0.5) is 5.69 Å². The van der Waals surface area contributed by atoms with Gasteiger partial charge in [-0.1, -0.05) is 11.6 Å². The van der Waals surface area contributed by atoms with Gasteiger partial charge in [0.05, 0.1) is 16.8 Å². The van der Waals surface area contributed by atoms with Crippen LogP contribution in [0.25, 0.3) is 0 Å². The maximum absolute atomic E-state index is 12.3. The summed E-state index contributed by atoms with van der Waals surface area (Å²) in [6.45, 7) is 0. The van der Waals surface area contributed by atoms with E-state index in [9.17, 15) is 13.2 Å². The smallest absolute Gasteiger partial charge is 0.255 e. The summed E-state index contributed by atoms with van der Waals surface area (Å²) >= 11 is 5.82. The van der Waals surface area contributed by atoms with Crippen molar-refractivity contribution in [3.05, 3.63) is 77.4 Å². The van der Waals surface area contributed by atoms with E-state index in [4.69, 9.17) is 16.3 Å². The highest BCUT2D eigenvalue weighted by Crippen LogP contribution is 2.22. The lowest BCUT2D eigenvalue weighted by atomic mass is 10.2. The van der Waals surface area contributed by atoms with E-state index in [0.717, 1.165) is 6.26 Å². The monoisotopic (exact) mass is 402 g/mol. The molecular weight excluding hydrogens is 388 g/mol. The van der Waals surface area contributed by atoms with Gasteiger partial charge in [-0.15, -0.1) is 0 Å². The summed E-state index contributed by atoms with van der Waals surface area (Å²) < 4.78 is 28.5. The second kappa shape index (κ2) is 7.77. The molecule has 0 saturated heterocycles. The van der Waals surface area contributed by atoms with Crippen LogP contribution in [0.1, 0.15) is 10.4 Å². The molecule has 0 aliphatic carbocycles. The zero-order valence-corrected chi connectivity index (χ0v) is 15.8. The van der Waals surface area contributed by atoms with Crippen LogP contribution in [0.3, 0.4) is 0 Å². The lowest BCUT2D eigenvalue weighted by Crippen LogP contribution is -2.12. The molecule has 0 atom stereocenters. The molecule has 1 N–H and O–H groups in total. The molecule has 0 bridgehead atoms. The molecule has 0 aliphatic rings. The lowest BCUT2D eigenvalue weighted by molar-refractivity contribution is 0.102. The van der Waals surface area contributed by atoms with Gasteiger partial charge >= 0.3 is 0 Å². The summed E-state index contributed by atoms with van der Waals surface area (Å²) in [6, 6.07) is 15.8. The second-order valence-corrected chi connectivity index (χ2v) is 8.14. The van der Waals surface area contributed by atoms with Crippen LogP contribution in [0.5, 0.6) is 11.6 Å². The van der Waals surface area contributed by atoms with E-state index in [-0.39, 0.29) is 10.8 Å². The molecule has 0 unspecified atom stereocenters. The first-order valence-corrected chi connectivity index (χ1v) is 10.1. The van der Waals surface area contributed by atoms with Crippen LogP contribution in [0.15, 0.2) is 71.8 Å². The van der Waals surface area contributed by atoms with Crippen molar-refractivity contribution >= 4 is 33.0 Å². The number of anilines is 1. The first kappa shape index (κ1) is 18.9. The molecule has 3 aromatic rings. The van der Waals surface area contributed by atoms with E-state index in [1.165, 1.54) is 30.5 Å². The zero-order chi connectivity index (χ0) is 19.4. The number of pyridine rings is 1. The summed E-state index contributed by atoms with van der Waals surface area (Å²) in [5.74, 6) is 0.589. The molecule has 0 radical (unpaired) electrons. The SMILES string of the molecule is CS(=O)(=O)c1ccc(C(=O)Nc2ccc(Oc3ccc(Cl)cc3)nc2)cc1. The number of halogens is 1. The molecule has 6 nitrogen and oxygen atoms in total. The van der Waals surface area contributed by atoms with Crippen molar-refractivity contribution in [1.82, 2.24) is 4.98 Å². The van der Waals surface area contributed by atoms with Gasteiger partial charge in [0.1, 0.15) is 5.75 Å². The van der Waals surface area contributed by atoms with Gasteiger partial charge in [-0.2, -0.15) is 0 Å². The number of rotatable bonds is 5. The number of amides is 1. The van der Waals surface area contributed by atoms with Crippen LogP contribution in [-0.4, -0.2) is 25.6 Å². The molecule has 1 aromatic heterocycles. The topological polar surface area (TPSA) is 85.4 Å². The second-order valence-electron chi connectivity index (χ2n) is 5.69. The van der Waals surface area contributed by atoms with Crippen molar-refractivity contribution in [2.24, 2.45) is 0 Å². The highest BCUT2D eigenvalue weighted by atomic mass is 35.5. The minimum absolute atomic E-state index is 0.157. The molecule has 1 heterocycles. The van der Waals surface area contributed by atoms with Crippen molar-refractivity contribution in [1.29, 1.82) is 0 Å². The van der Waals surface area contributed by atoms with Crippen molar-refractivity contribution in [3.8, 4) is 11.6 Å². The molecule has 3 rings (SSSR count). The standard InChI is InChI=1S/C19H15ClN2O4S/c1-27(24,25)17-9-2-13(3-10-17)19(23)22-15-6-11-18(21-12-15)26-16-7-4-14(20)5-8-16/h2-12H,1H3,(H,22,23). The molecule has 138 valence electrons. The Morgan fingerprint density at radius 1 is 1.00 bits per heavy atom. The number of hydrogen-bond acceptors (Lipinski definition) is 5. The average Bonchev–Trinajstić information content (AvgIpc) is 2.64. The number of hydrogen-bond donors (Lipinski definition) is 1. The Kier molecular flexibility index (Phi) is 5.43. The molecule has 1 amide bonds. The average molecular weight is 403 g/mol. The zero-order valence-electron chi connectivity index (χ0n) is 14.2. The van der Waals surface area contributed by atoms with E-state index in [0.29, 0.717) is 27.9 Å². The number of ether oxygens (including phenoxy) is 1. The Morgan fingerprint density at radius 2 is 1.67 bits per heavy atom. The number of benzene rings is 2. The maximum atomic E-state index is 12.3. The number of carbonyl (C=O) groups is 1. The predicted molar refractivity (Wildman–Crippen MR) is 103 cm³/mol. The predicted octanol–water partition coefficient (Wildman–Crippen LogP) is 4.18. The minimum atomic E-state index is -3.30. The summed E-state index contributed by atoms with van der Waals surface area (Å²) in [4.78, 5) is 16.5. The van der Waals surface area contributed by atoms with Gasteiger partial charge in [-0.3, -0.25) is 4.79 Å². The van der Waals surface area contributed by atoms with Gasteiger partial charge in [0.15, 0.2) is 9.84 Å². The third-order valence-corrected chi connectivity index (χ3v) is 4.96. The van der Waals surface area contributed by atoms with Gasteiger partial charge in [0.2, 0.25) is 5.88 Å². The van der Waals surface area contributed by atoms with Gasteiger partial charge < -0.3 is 10.1 Å². The summed E-state index contributed by atoms with van der Waals surface area (Å²) in [6.07, 6.45) is 2.58. The fourth-order valence-electron chi connectivity index (χ4n) is 2.19. The molecule has 0 fully saturated rings. The quantitative estimate of drug-likeness (QED) is 0.691. The van der Waals surface area contributed by atoms with Gasteiger partial charge in [0.25, 0.3) is 5.91 Å². The van der Waals surface area contributed by atoms with E-state index < -0.39 is 9.84 Å². The first-order chi connectivity index (χ1) is 12.8. The molecule has 2 aromatic carbocycles. The molecule has 8 heteroatoms. The van der Waals surface area contributed by atoms with Crippen molar-refractivity contribution < 1.29 is 17.9 Å². The minimum Gasteiger partial charge on any atom is -0.439 e. The Morgan fingerprint density at radius 3 is 2.22 bits per heavy atom. The van der Waals surface area contributed by atoms with E-state index >= 15 is 0 Å². The van der Waals surface area contributed by atoms with Crippen molar-refractivity contribution in [3.63, 3.8) is 0 Å². The van der Waals surface area contributed by atoms with Gasteiger partial charge in [-0.25, -0.2) is 13.4 Å².